The molecule has 2 heterocycles. The number of nitrogens with one attached hydrogen (secondary N) is 1. The molecule has 3 aromatic rings. The Hall–Kier alpha value is -3.91. The van der Waals surface area contributed by atoms with Crippen LogP contribution in [0.2, 0.25) is 0 Å². The molecule has 190 valence electrons. The number of carbonyl (C=O) groups is 2. The molecule has 2 aromatic carbocycles. The van der Waals surface area contributed by atoms with Gasteiger partial charge < -0.3 is 20.4 Å². The van der Waals surface area contributed by atoms with E-state index >= 15 is 0 Å². The number of anilines is 2. The first kappa shape index (κ1) is 26.7. The largest absolute Gasteiger partial charge is 0.478 e. The van der Waals surface area contributed by atoms with E-state index in [-0.39, 0.29) is 0 Å². The molecule has 8 nitrogen and oxygen atoms in total. The van der Waals surface area contributed by atoms with Crippen molar-refractivity contribution >= 4 is 34.3 Å². The number of piperazine rings is 1. The fraction of sp³-hybridized carbons (Fsp3) is 0.321. The van der Waals surface area contributed by atoms with Gasteiger partial charge in [-0.3, -0.25) is 4.90 Å². The molecule has 0 atom stereocenters. The number of aromatic nitrogens is 1. The summed E-state index contributed by atoms with van der Waals surface area (Å²) in [5.74, 6) is -1.54. The van der Waals surface area contributed by atoms with Crippen LogP contribution in [0, 0.1) is 13.8 Å². The first-order chi connectivity index (χ1) is 17.3. The number of fused-ring (bicyclic) bond motifs is 1. The van der Waals surface area contributed by atoms with Crippen LogP contribution in [0.15, 0.2) is 66.7 Å². The number of aliphatic carboxylic acids is 2. The molecule has 1 aliphatic rings. The van der Waals surface area contributed by atoms with Crippen LogP contribution in [-0.4, -0.2) is 71.3 Å². The number of benzene rings is 2. The number of para-hydroxylation sites is 1. The van der Waals surface area contributed by atoms with Crippen molar-refractivity contribution in [2.24, 2.45) is 0 Å². The van der Waals surface area contributed by atoms with Gasteiger partial charge in [0.2, 0.25) is 0 Å². The SMILES string of the molecule is Cc1cccc(N2CCN(CCCNc3ccc4ccccc4n3)CC2)c1C.O=C(O)C=CC(=O)O. The van der Waals surface area contributed by atoms with Gasteiger partial charge in [-0.15, -0.1) is 0 Å². The smallest absolute Gasteiger partial charge is 0.328 e. The Morgan fingerprint density at radius 1 is 0.917 bits per heavy atom. The molecule has 1 saturated heterocycles. The molecule has 4 rings (SSSR count). The molecule has 0 aliphatic carbocycles. The van der Waals surface area contributed by atoms with Crippen molar-refractivity contribution in [3.63, 3.8) is 0 Å². The number of nitrogens with zero attached hydrogens (tertiary/aromatic N) is 3. The summed E-state index contributed by atoms with van der Waals surface area (Å²) in [6.45, 7) is 11.1. The minimum absolute atomic E-state index is 0.558. The number of rotatable bonds is 8. The van der Waals surface area contributed by atoms with Gasteiger partial charge in [-0.25, -0.2) is 14.6 Å². The lowest BCUT2D eigenvalue weighted by molar-refractivity contribution is -0.134. The summed E-state index contributed by atoms with van der Waals surface area (Å²) in [5.41, 5.74) is 5.26. The van der Waals surface area contributed by atoms with Crippen LogP contribution in [0.25, 0.3) is 10.9 Å². The van der Waals surface area contributed by atoms with Gasteiger partial charge in [0.15, 0.2) is 0 Å². The van der Waals surface area contributed by atoms with Crippen LogP contribution < -0.4 is 10.2 Å². The summed E-state index contributed by atoms with van der Waals surface area (Å²) in [7, 11) is 0. The summed E-state index contributed by atoms with van der Waals surface area (Å²) >= 11 is 0. The Bertz CT molecular complexity index is 1190. The summed E-state index contributed by atoms with van der Waals surface area (Å²) in [6.07, 6.45) is 2.25. The van der Waals surface area contributed by atoms with E-state index in [4.69, 9.17) is 10.2 Å². The van der Waals surface area contributed by atoms with E-state index in [0.717, 1.165) is 57.0 Å². The average Bonchev–Trinajstić information content (AvgIpc) is 2.88. The summed E-state index contributed by atoms with van der Waals surface area (Å²) in [5, 5.41) is 20.3. The highest BCUT2D eigenvalue weighted by atomic mass is 16.4. The topological polar surface area (TPSA) is 106 Å². The van der Waals surface area contributed by atoms with Gasteiger partial charge in [-0.05, 0) is 62.2 Å². The molecule has 0 radical (unpaired) electrons. The Kier molecular flexibility index (Phi) is 9.82. The monoisotopic (exact) mass is 490 g/mol. The van der Waals surface area contributed by atoms with Gasteiger partial charge in [0.1, 0.15) is 5.82 Å². The Morgan fingerprint density at radius 3 is 2.31 bits per heavy atom. The second-order valence-corrected chi connectivity index (χ2v) is 8.73. The van der Waals surface area contributed by atoms with Gasteiger partial charge in [-0.1, -0.05) is 30.3 Å². The van der Waals surface area contributed by atoms with Crippen molar-refractivity contribution in [2.75, 3.05) is 49.5 Å². The third kappa shape index (κ3) is 8.09. The van der Waals surface area contributed by atoms with Gasteiger partial charge >= 0.3 is 11.9 Å². The Balaban J connectivity index is 0.000000392. The second kappa shape index (κ2) is 13.3. The number of hydrogen-bond donors (Lipinski definition) is 3. The molecule has 0 spiro atoms. The molecule has 8 heteroatoms. The molecule has 0 amide bonds. The fourth-order valence-corrected chi connectivity index (χ4v) is 4.12. The predicted octanol–water partition coefficient (Wildman–Crippen LogP) is 4.19. The molecule has 3 N–H and O–H groups in total. The maximum Gasteiger partial charge on any atom is 0.328 e. The number of carboxylic acid groups (broad SMARTS) is 2. The molecule has 1 fully saturated rings. The van der Waals surface area contributed by atoms with Crippen LogP contribution >= 0.6 is 0 Å². The minimum Gasteiger partial charge on any atom is -0.478 e. The zero-order chi connectivity index (χ0) is 25.9. The van der Waals surface area contributed by atoms with Gasteiger partial charge in [0, 0.05) is 55.9 Å². The van der Waals surface area contributed by atoms with Crippen LogP contribution in [0.1, 0.15) is 17.5 Å². The van der Waals surface area contributed by atoms with E-state index < -0.39 is 11.9 Å². The highest BCUT2D eigenvalue weighted by Gasteiger charge is 2.18. The van der Waals surface area contributed by atoms with E-state index in [1.54, 1.807) is 0 Å². The van der Waals surface area contributed by atoms with Crippen molar-refractivity contribution in [3.05, 3.63) is 77.9 Å². The minimum atomic E-state index is -1.26. The van der Waals surface area contributed by atoms with Crippen molar-refractivity contribution in [1.29, 1.82) is 0 Å². The van der Waals surface area contributed by atoms with E-state index in [1.165, 1.54) is 22.2 Å². The first-order valence-electron chi connectivity index (χ1n) is 12.1. The van der Waals surface area contributed by atoms with E-state index in [1.807, 2.05) is 6.07 Å². The molecule has 1 aliphatic heterocycles. The number of pyridine rings is 1. The van der Waals surface area contributed by atoms with Crippen molar-refractivity contribution in [2.45, 2.75) is 20.3 Å². The summed E-state index contributed by atoms with van der Waals surface area (Å²) in [4.78, 5) is 28.9. The standard InChI is InChI=1S/C24H30N4.C4H4O4/c1-19-7-5-10-23(20(19)2)28-17-15-27(16-18-28)14-6-13-25-24-12-11-21-8-3-4-9-22(21)26-24;5-3(6)1-2-4(7)8/h3-5,7-12H,6,13-18H2,1-2H3,(H,25,26);1-2H,(H,5,6)(H,7,8). The van der Waals surface area contributed by atoms with Gasteiger partial charge in [0.25, 0.3) is 0 Å². The highest BCUT2D eigenvalue weighted by molar-refractivity contribution is 5.89. The van der Waals surface area contributed by atoms with E-state index in [2.05, 4.69) is 82.5 Å². The van der Waals surface area contributed by atoms with Gasteiger partial charge in [0.05, 0.1) is 5.52 Å². The normalized spacial score (nSPS) is 13.9. The Morgan fingerprint density at radius 2 is 1.61 bits per heavy atom. The molecule has 0 unspecified atom stereocenters. The fourth-order valence-electron chi connectivity index (χ4n) is 4.12. The number of carboxylic acids is 2. The lowest BCUT2D eigenvalue weighted by atomic mass is 10.1. The van der Waals surface area contributed by atoms with Crippen LogP contribution in [0.5, 0.6) is 0 Å². The number of hydrogen-bond acceptors (Lipinski definition) is 6. The zero-order valence-corrected chi connectivity index (χ0v) is 20.9. The molecule has 0 bridgehead atoms. The maximum absolute atomic E-state index is 9.55. The van der Waals surface area contributed by atoms with Crippen molar-refractivity contribution < 1.29 is 19.8 Å². The molecule has 1 aromatic heterocycles. The lowest BCUT2D eigenvalue weighted by Gasteiger charge is -2.37. The zero-order valence-electron chi connectivity index (χ0n) is 20.9. The van der Waals surface area contributed by atoms with E-state index in [0.29, 0.717) is 12.2 Å². The maximum atomic E-state index is 9.55. The van der Waals surface area contributed by atoms with Crippen molar-refractivity contribution in [1.82, 2.24) is 9.88 Å². The third-order valence-corrected chi connectivity index (χ3v) is 6.21. The van der Waals surface area contributed by atoms with Crippen LogP contribution in [0.3, 0.4) is 0 Å². The van der Waals surface area contributed by atoms with Crippen molar-refractivity contribution in [3.8, 4) is 0 Å². The third-order valence-electron chi connectivity index (χ3n) is 6.21. The van der Waals surface area contributed by atoms with Crippen LogP contribution in [0.4, 0.5) is 11.5 Å². The van der Waals surface area contributed by atoms with Gasteiger partial charge in [-0.2, -0.15) is 0 Å². The first-order valence-corrected chi connectivity index (χ1v) is 12.1. The lowest BCUT2D eigenvalue weighted by Crippen LogP contribution is -2.47. The molecule has 0 saturated carbocycles. The second-order valence-electron chi connectivity index (χ2n) is 8.73. The summed E-state index contributed by atoms with van der Waals surface area (Å²) < 4.78 is 0. The Labute approximate surface area is 211 Å². The average molecular weight is 491 g/mol. The molecular formula is C28H34N4O4. The highest BCUT2D eigenvalue weighted by Crippen LogP contribution is 2.24. The van der Waals surface area contributed by atoms with E-state index in [9.17, 15) is 9.59 Å². The number of aryl methyl sites for hydroxylation is 1. The molecule has 36 heavy (non-hydrogen) atoms. The van der Waals surface area contributed by atoms with Crippen LogP contribution in [-0.2, 0) is 9.59 Å². The predicted molar refractivity (Wildman–Crippen MR) is 144 cm³/mol. The summed E-state index contributed by atoms with van der Waals surface area (Å²) in [6, 6.07) is 19.1. The quantitative estimate of drug-likeness (QED) is 0.319. The molecular weight excluding hydrogens is 456 g/mol.